The quantitative estimate of drug-likeness (QED) is 0.221. The van der Waals surface area contributed by atoms with Gasteiger partial charge in [-0.1, -0.05) is 135 Å². The van der Waals surface area contributed by atoms with Crippen molar-refractivity contribution in [3.8, 4) is 50.7 Å². The molecular formula is C38H35N3. The number of hydrogen-bond donors (Lipinski definition) is 0. The van der Waals surface area contributed by atoms with Crippen LogP contribution in [0.15, 0.2) is 121 Å². The summed E-state index contributed by atoms with van der Waals surface area (Å²) in [5.74, 6) is 1.64. The van der Waals surface area contributed by atoms with Gasteiger partial charge in [0.25, 0.3) is 0 Å². The van der Waals surface area contributed by atoms with E-state index in [1.807, 2.05) is 12.1 Å². The van der Waals surface area contributed by atoms with E-state index in [1.54, 1.807) is 0 Å². The summed E-state index contributed by atoms with van der Waals surface area (Å²) in [5, 5.41) is 9.65. The van der Waals surface area contributed by atoms with Crippen LogP contribution in [-0.2, 0) is 5.41 Å². The summed E-state index contributed by atoms with van der Waals surface area (Å²) in [5.41, 5.74) is 11.6. The molecule has 0 saturated carbocycles. The van der Waals surface area contributed by atoms with Gasteiger partial charge >= 0.3 is 0 Å². The molecule has 0 aliphatic heterocycles. The molecule has 6 aromatic rings. The minimum atomic E-state index is 0.0188. The first-order chi connectivity index (χ1) is 19.8. The standard InChI is InChI=1S/C38H35N3/c1-26-22-27(2)24-31(23-26)35-25-32(38(3,4)5)20-21-34(35)37-40-39-36(41(37)33-14-10-7-11-15-33)30-18-16-29(17-19-30)28-12-8-6-9-13-28/h6-25H,1-5H3. The maximum absolute atomic E-state index is 4.86. The highest BCUT2D eigenvalue weighted by Gasteiger charge is 2.23. The van der Waals surface area contributed by atoms with Crippen LogP contribution in [0.25, 0.3) is 50.7 Å². The summed E-state index contributed by atoms with van der Waals surface area (Å²) in [6.45, 7) is 11.1. The van der Waals surface area contributed by atoms with Crippen LogP contribution in [0, 0.1) is 13.8 Å². The van der Waals surface area contributed by atoms with Crippen molar-refractivity contribution in [2.24, 2.45) is 0 Å². The number of aryl methyl sites for hydroxylation is 2. The molecule has 41 heavy (non-hydrogen) atoms. The van der Waals surface area contributed by atoms with Crippen molar-refractivity contribution in [3.63, 3.8) is 0 Å². The Hall–Kier alpha value is -4.76. The second kappa shape index (κ2) is 10.7. The molecule has 3 nitrogen and oxygen atoms in total. The summed E-state index contributed by atoms with van der Waals surface area (Å²) >= 11 is 0. The van der Waals surface area contributed by atoms with Crippen LogP contribution in [0.4, 0.5) is 0 Å². The van der Waals surface area contributed by atoms with Gasteiger partial charge in [-0.05, 0) is 65.3 Å². The molecule has 0 atom stereocenters. The SMILES string of the molecule is Cc1cc(C)cc(-c2cc(C(C)(C)C)ccc2-c2nnc(-c3ccc(-c4ccccc4)cc3)n2-c2ccccc2)c1. The number of benzene rings is 5. The van der Waals surface area contributed by atoms with E-state index in [2.05, 4.69) is 148 Å². The number of nitrogens with zero attached hydrogens (tertiary/aromatic N) is 3. The molecule has 6 rings (SSSR count). The van der Waals surface area contributed by atoms with Crippen LogP contribution in [-0.4, -0.2) is 14.8 Å². The molecule has 0 aliphatic carbocycles. The highest BCUT2D eigenvalue weighted by atomic mass is 15.3. The minimum absolute atomic E-state index is 0.0188. The molecule has 1 aromatic heterocycles. The Morgan fingerprint density at radius 3 is 1.68 bits per heavy atom. The molecule has 0 saturated heterocycles. The van der Waals surface area contributed by atoms with Crippen molar-refractivity contribution >= 4 is 0 Å². The van der Waals surface area contributed by atoms with Gasteiger partial charge in [-0.15, -0.1) is 10.2 Å². The highest BCUT2D eigenvalue weighted by Crippen LogP contribution is 2.38. The molecule has 0 fully saturated rings. The molecular weight excluding hydrogens is 498 g/mol. The highest BCUT2D eigenvalue weighted by molar-refractivity contribution is 5.84. The van der Waals surface area contributed by atoms with E-state index < -0.39 is 0 Å². The minimum Gasteiger partial charge on any atom is -0.275 e. The monoisotopic (exact) mass is 533 g/mol. The lowest BCUT2D eigenvalue weighted by atomic mass is 9.83. The maximum atomic E-state index is 4.86. The predicted octanol–water partition coefficient (Wildman–Crippen LogP) is 9.85. The summed E-state index contributed by atoms with van der Waals surface area (Å²) in [7, 11) is 0. The van der Waals surface area contributed by atoms with Crippen LogP contribution in [0.5, 0.6) is 0 Å². The topological polar surface area (TPSA) is 30.7 Å². The fourth-order valence-electron chi connectivity index (χ4n) is 5.48. The smallest absolute Gasteiger partial charge is 0.169 e. The molecule has 0 aliphatic rings. The van der Waals surface area contributed by atoms with E-state index in [0.717, 1.165) is 28.5 Å². The summed E-state index contributed by atoms with van der Waals surface area (Å²) in [6, 6.07) is 43.0. The lowest BCUT2D eigenvalue weighted by Crippen LogP contribution is -2.11. The molecule has 5 aromatic carbocycles. The number of hydrogen-bond acceptors (Lipinski definition) is 2. The number of para-hydroxylation sites is 1. The van der Waals surface area contributed by atoms with E-state index in [9.17, 15) is 0 Å². The van der Waals surface area contributed by atoms with Crippen molar-refractivity contribution in [2.75, 3.05) is 0 Å². The van der Waals surface area contributed by atoms with Gasteiger partial charge in [0.2, 0.25) is 0 Å². The lowest BCUT2D eigenvalue weighted by Gasteiger charge is -2.22. The molecule has 0 amide bonds. The van der Waals surface area contributed by atoms with Crippen molar-refractivity contribution in [1.29, 1.82) is 0 Å². The van der Waals surface area contributed by atoms with Crippen molar-refractivity contribution in [1.82, 2.24) is 14.8 Å². The van der Waals surface area contributed by atoms with Crippen molar-refractivity contribution in [2.45, 2.75) is 40.0 Å². The largest absolute Gasteiger partial charge is 0.275 e. The van der Waals surface area contributed by atoms with E-state index in [1.165, 1.54) is 38.9 Å². The van der Waals surface area contributed by atoms with Crippen molar-refractivity contribution in [3.05, 3.63) is 138 Å². The second-order valence-corrected chi connectivity index (χ2v) is 11.8. The third-order valence-electron chi connectivity index (χ3n) is 7.59. The van der Waals surface area contributed by atoms with E-state index >= 15 is 0 Å². The van der Waals surface area contributed by atoms with Gasteiger partial charge in [-0.25, -0.2) is 0 Å². The van der Waals surface area contributed by atoms with Gasteiger partial charge in [0.1, 0.15) is 0 Å². The summed E-state index contributed by atoms with van der Waals surface area (Å²) < 4.78 is 2.19. The zero-order valence-electron chi connectivity index (χ0n) is 24.4. The molecule has 3 heteroatoms. The first kappa shape index (κ1) is 26.5. The summed E-state index contributed by atoms with van der Waals surface area (Å²) in [4.78, 5) is 0. The number of aromatic nitrogens is 3. The average molecular weight is 534 g/mol. The first-order valence-corrected chi connectivity index (χ1v) is 14.2. The van der Waals surface area contributed by atoms with Crippen LogP contribution < -0.4 is 0 Å². The molecule has 0 N–H and O–H groups in total. The molecule has 0 radical (unpaired) electrons. The second-order valence-electron chi connectivity index (χ2n) is 11.8. The fourth-order valence-corrected chi connectivity index (χ4v) is 5.48. The lowest BCUT2D eigenvalue weighted by molar-refractivity contribution is 0.590. The average Bonchev–Trinajstić information content (AvgIpc) is 3.42. The van der Waals surface area contributed by atoms with Crippen LogP contribution in [0.2, 0.25) is 0 Å². The van der Waals surface area contributed by atoms with E-state index in [0.29, 0.717) is 0 Å². The van der Waals surface area contributed by atoms with Crippen molar-refractivity contribution < 1.29 is 0 Å². The van der Waals surface area contributed by atoms with Gasteiger partial charge in [0.05, 0.1) is 0 Å². The van der Waals surface area contributed by atoms with Gasteiger partial charge in [-0.2, -0.15) is 0 Å². The zero-order valence-corrected chi connectivity index (χ0v) is 24.4. The van der Waals surface area contributed by atoms with Gasteiger partial charge in [-0.3, -0.25) is 4.57 Å². The van der Waals surface area contributed by atoms with Gasteiger partial charge in [0.15, 0.2) is 11.6 Å². The van der Waals surface area contributed by atoms with Crippen LogP contribution >= 0.6 is 0 Å². The Bertz CT molecular complexity index is 1790. The Kier molecular flexibility index (Phi) is 6.88. The molecule has 0 unspecified atom stereocenters. The van der Waals surface area contributed by atoms with E-state index in [-0.39, 0.29) is 5.41 Å². The normalized spacial score (nSPS) is 11.5. The van der Waals surface area contributed by atoms with Gasteiger partial charge in [0, 0.05) is 16.8 Å². The predicted molar refractivity (Wildman–Crippen MR) is 171 cm³/mol. The molecule has 0 bridgehead atoms. The Balaban J connectivity index is 1.56. The number of rotatable bonds is 5. The van der Waals surface area contributed by atoms with E-state index in [4.69, 9.17) is 10.2 Å². The maximum Gasteiger partial charge on any atom is 0.169 e. The Labute approximate surface area is 243 Å². The third-order valence-corrected chi connectivity index (χ3v) is 7.59. The first-order valence-electron chi connectivity index (χ1n) is 14.2. The van der Waals surface area contributed by atoms with Crippen LogP contribution in [0.3, 0.4) is 0 Å². The molecule has 202 valence electrons. The molecule has 1 heterocycles. The zero-order chi connectivity index (χ0) is 28.6. The van der Waals surface area contributed by atoms with Gasteiger partial charge < -0.3 is 0 Å². The van der Waals surface area contributed by atoms with Crippen LogP contribution in [0.1, 0.15) is 37.5 Å². The third kappa shape index (κ3) is 5.36. The summed E-state index contributed by atoms with van der Waals surface area (Å²) in [6.07, 6.45) is 0. The molecule has 0 spiro atoms. The Morgan fingerprint density at radius 2 is 1.05 bits per heavy atom. The Morgan fingerprint density at radius 1 is 0.488 bits per heavy atom. The fraction of sp³-hybridized carbons (Fsp3) is 0.158.